The van der Waals surface area contributed by atoms with Gasteiger partial charge in [-0.1, -0.05) is 13.8 Å². The van der Waals surface area contributed by atoms with Crippen molar-refractivity contribution in [2.75, 3.05) is 26.2 Å². The Balaban J connectivity index is 2.26. The van der Waals surface area contributed by atoms with Crippen molar-refractivity contribution in [3.8, 4) is 6.07 Å². The molecule has 1 unspecified atom stereocenters. The van der Waals surface area contributed by atoms with E-state index in [-0.39, 0.29) is 5.54 Å². The molecule has 3 heteroatoms. The van der Waals surface area contributed by atoms with Crippen molar-refractivity contribution in [3.05, 3.63) is 0 Å². The fourth-order valence-electron chi connectivity index (χ4n) is 1.95. The molecule has 1 N–H and O–H groups in total. The highest BCUT2D eigenvalue weighted by atomic mass is 15.1. The zero-order chi connectivity index (χ0) is 11.3. The average Bonchev–Trinajstić information content (AvgIpc) is 3.08. The van der Waals surface area contributed by atoms with Gasteiger partial charge in [0.1, 0.15) is 5.54 Å². The van der Waals surface area contributed by atoms with Gasteiger partial charge in [-0.25, -0.2) is 0 Å². The zero-order valence-electron chi connectivity index (χ0n) is 10.2. The van der Waals surface area contributed by atoms with Gasteiger partial charge in [0.05, 0.1) is 6.07 Å². The molecule has 1 saturated carbocycles. The van der Waals surface area contributed by atoms with Gasteiger partial charge in [0.15, 0.2) is 0 Å². The molecule has 1 fully saturated rings. The lowest BCUT2D eigenvalue weighted by Gasteiger charge is -2.25. The van der Waals surface area contributed by atoms with Crippen molar-refractivity contribution < 1.29 is 0 Å². The van der Waals surface area contributed by atoms with Crippen LogP contribution in [0.5, 0.6) is 0 Å². The molecule has 0 amide bonds. The van der Waals surface area contributed by atoms with E-state index in [0.29, 0.717) is 5.92 Å². The summed E-state index contributed by atoms with van der Waals surface area (Å²) in [6.45, 7) is 10.5. The van der Waals surface area contributed by atoms with Gasteiger partial charge in [-0.2, -0.15) is 5.26 Å². The van der Waals surface area contributed by atoms with Gasteiger partial charge in [-0.15, -0.1) is 0 Å². The molecule has 0 aromatic carbocycles. The van der Waals surface area contributed by atoms with E-state index in [1.54, 1.807) is 0 Å². The summed E-state index contributed by atoms with van der Waals surface area (Å²) < 4.78 is 0. The Morgan fingerprint density at radius 3 is 2.40 bits per heavy atom. The van der Waals surface area contributed by atoms with Crippen LogP contribution in [-0.4, -0.2) is 36.6 Å². The summed E-state index contributed by atoms with van der Waals surface area (Å²) in [6.07, 6.45) is 2.42. The quantitative estimate of drug-likeness (QED) is 0.692. The van der Waals surface area contributed by atoms with Gasteiger partial charge < -0.3 is 4.90 Å². The van der Waals surface area contributed by atoms with E-state index in [0.717, 1.165) is 26.2 Å². The molecule has 1 rings (SSSR count). The summed E-state index contributed by atoms with van der Waals surface area (Å²) in [5, 5.41) is 12.6. The summed E-state index contributed by atoms with van der Waals surface area (Å²) in [4.78, 5) is 2.37. The van der Waals surface area contributed by atoms with Crippen LogP contribution in [0.25, 0.3) is 0 Å². The highest BCUT2D eigenvalue weighted by Crippen LogP contribution is 2.38. The van der Waals surface area contributed by atoms with Gasteiger partial charge in [-0.05, 0) is 38.8 Å². The van der Waals surface area contributed by atoms with Gasteiger partial charge in [0.2, 0.25) is 0 Å². The van der Waals surface area contributed by atoms with E-state index in [1.807, 2.05) is 6.92 Å². The van der Waals surface area contributed by atoms with E-state index < -0.39 is 0 Å². The number of nitriles is 1. The third kappa shape index (κ3) is 3.48. The van der Waals surface area contributed by atoms with E-state index in [2.05, 4.69) is 30.1 Å². The smallest absolute Gasteiger partial charge is 0.106 e. The van der Waals surface area contributed by atoms with Crippen molar-refractivity contribution in [3.63, 3.8) is 0 Å². The van der Waals surface area contributed by atoms with Gasteiger partial charge in [0.25, 0.3) is 0 Å². The number of rotatable bonds is 7. The zero-order valence-corrected chi connectivity index (χ0v) is 10.2. The number of hydrogen-bond donors (Lipinski definition) is 1. The molecule has 86 valence electrons. The lowest BCUT2D eigenvalue weighted by atomic mass is 9.98. The highest BCUT2D eigenvalue weighted by Gasteiger charge is 2.41. The average molecular weight is 209 g/mol. The largest absolute Gasteiger partial charge is 0.303 e. The second-order valence-corrected chi connectivity index (χ2v) is 4.54. The molecule has 0 saturated heterocycles. The maximum absolute atomic E-state index is 9.15. The molecular weight excluding hydrogens is 186 g/mol. The molecule has 0 bridgehead atoms. The van der Waals surface area contributed by atoms with Gasteiger partial charge in [-0.3, -0.25) is 5.32 Å². The maximum atomic E-state index is 9.15. The lowest BCUT2D eigenvalue weighted by Crippen LogP contribution is -2.46. The number of hydrogen-bond acceptors (Lipinski definition) is 3. The van der Waals surface area contributed by atoms with Crippen LogP contribution in [-0.2, 0) is 0 Å². The first-order valence-corrected chi connectivity index (χ1v) is 6.05. The van der Waals surface area contributed by atoms with Crippen molar-refractivity contribution in [1.29, 1.82) is 5.26 Å². The summed E-state index contributed by atoms with van der Waals surface area (Å²) in [5.74, 6) is 0.583. The molecule has 3 nitrogen and oxygen atoms in total. The third-order valence-electron chi connectivity index (χ3n) is 3.44. The normalized spacial score (nSPS) is 19.9. The third-order valence-corrected chi connectivity index (χ3v) is 3.44. The molecule has 0 aromatic heterocycles. The SMILES string of the molecule is CCN(CC)CCNC(C)(C#N)C1CC1. The summed E-state index contributed by atoms with van der Waals surface area (Å²) in [7, 11) is 0. The molecule has 1 aliphatic rings. The Hall–Kier alpha value is -0.590. The summed E-state index contributed by atoms with van der Waals surface area (Å²) in [5.41, 5.74) is -0.285. The molecule has 0 heterocycles. The first-order chi connectivity index (χ1) is 7.16. The van der Waals surface area contributed by atoms with Crippen LogP contribution in [0.1, 0.15) is 33.6 Å². The topological polar surface area (TPSA) is 39.1 Å². The molecule has 1 aliphatic carbocycles. The van der Waals surface area contributed by atoms with E-state index in [9.17, 15) is 0 Å². The Kier molecular flexibility index (Phi) is 4.56. The molecule has 1 atom stereocenters. The van der Waals surface area contributed by atoms with Crippen LogP contribution in [0, 0.1) is 17.2 Å². The predicted octanol–water partition coefficient (Wildman–Crippen LogP) is 1.61. The molecule has 15 heavy (non-hydrogen) atoms. The molecule has 0 aromatic rings. The highest BCUT2D eigenvalue weighted by molar-refractivity contribution is 5.12. The molecule has 0 aliphatic heterocycles. The van der Waals surface area contributed by atoms with Crippen LogP contribution < -0.4 is 5.32 Å². The Labute approximate surface area is 93.5 Å². The first-order valence-electron chi connectivity index (χ1n) is 6.05. The second-order valence-electron chi connectivity index (χ2n) is 4.54. The van der Waals surface area contributed by atoms with Gasteiger partial charge in [0, 0.05) is 13.1 Å². The molecule has 0 radical (unpaired) electrons. The fourth-order valence-corrected chi connectivity index (χ4v) is 1.95. The number of nitrogens with zero attached hydrogens (tertiary/aromatic N) is 2. The minimum Gasteiger partial charge on any atom is -0.303 e. The minimum absolute atomic E-state index is 0.285. The minimum atomic E-state index is -0.285. The summed E-state index contributed by atoms with van der Waals surface area (Å²) >= 11 is 0. The van der Waals surface area contributed by atoms with Crippen LogP contribution in [0.2, 0.25) is 0 Å². The van der Waals surface area contributed by atoms with Crippen LogP contribution >= 0.6 is 0 Å². The summed E-state index contributed by atoms with van der Waals surface area (Å²) in [6, 6.07) is 2.42. The number of nitrogens with one attached hydrogen (secondary N) is 1. The van der Waals surface area contributed by atoms with Crippen LogP contribution in [0.15, 0.2) is 0 Å². The van der Waals surface area contributed by atoms with E-state index in [4.69, 9.17) is 5.26 Å². The Bertz CT molecular complexity index is 226. The number of likely N-dealkylation sites (N-methyl/N-ethyl adjacent to an activating group) is 1. The van der Waals surface area contributed by atoms with Gasteiger partial charge >= 0.3 is 0 Å². The fraction of sp³-hybridized carbons (Fsp3) is 0.917. The van der Waals surface area contributed by atoms with Crippen LogP contribution in [0.4, 0.5) is 0 Å². The second kappa shape index (κ2) is 5.48. The Morgan fingerprint density at radius 2 is 2.00 bits per heavy atom. The maximum Gasteiger partial charge on any atom is 0.106 e. The van der Waals surface area contributed by atoms with E-state index >= 15 is 0 Å². The first kappa shape index (κ1) is 12.5. The van der Waals surface area contributed by atoms with Crippen molar-refractivity contribution >= 4 is 0 Å². The van der Waals surface area contributed by atoms with Crippen molar-refractivity contribution in [1.82, 2.24) is 10.2 Å². The lowest BCUT2D eigenvalue weighted by molar-refractivity contribution is 0.283. The van der Waals surface area contributed by atoms with E-state index in [1.165, 1.54) is 12.8 Å². The monoisotopic (exact) mass is 209 g/mol. The Morgan fingerprint density at radius 1 is 1.40 bits per heavy atom. The predicted molar refractivity (Wildman–Crippen MR) is 62.5 cm³/mol. The molecule has 0 spiro atoms. The van der Waals surface area contributed by atoms with Crippen LogP contribution in [0.3, 0.4) is 0 Å². The van der Waals surface area contributed by atoms with Crippen molar-refractivity contribution in [2.45, 2.75) is 39.2 Å². The standard InChI is InChI=1S/C12H23N3/c1-4-15(5-2)9-8-14-12(3,10-13)11-6-7-11/h11,14H,4-9H2,1-3H3. The van der Waals surface area contributed by atoms with Crippen molar-refractivity contribution in [2.24, 2.45) is 5.92 Å². The molecular formula is C12H23N3.